The Balaban J connectivity index is 0.000000148. The number of nitrogens with one attached hydrogen (secondary N) is 9. The average molecular weight is 1310 g/mol. The predicted octanol–water partition coefficient (Wildman–Crippen LogP) is 14.2. The molecule has 496 valence electrons. The van der Waals surface area contributed by atoms with E-state index in [0.29, 0.717) is 92.6 Å². The van der Waals surface area contributed by atoms with Gasteiger partial charge in [0.15, 0.2) is 0 Å². The minimum atomic E-state index is -0.657. The third-order valence-corrected chi connectivity index (χ3v) is 15.8. The van der Waals surface area contributed by atoms with Gasteiger partial charge in [-0.05, 0) is 159 Å². The normalized spacial score (nSPS) is 12.6. The van der Waals surface area contributed by atoms with Crippen LogP contribution < -0.4 is 31.9 Å². The molecule has 1 fully saturated rings. The Morgan fingerprint density at radius 1 is 0.464 bits per heavy atom. The van der Waals surface area contributed by atoms with Crippen LogP contribution in [-0.4, -0.2) is 108 Å². The molecule has 9 aromatic heterocycles. The van der Waals surface area contributed by atoms with Crippen LogP contribution in [0.15, 0.2) is 146 Å². The van der Waals surface area contributed by atoms with Gasteiger partial charge in [0.25, 0.3) is 0 Å². The monoisotopic (exact) mass is 1310 g/mol. The summed E-state index contributed by atoms with van der Waals surface area (Å²) in [5, 5.41) is 36.5. The second-order valence-corrected chi connectivity index (χ2v) is 23.5. The van der Waals surface area contributed by atoms with Crippen molar-refractivity contribution in [1.82, 2.24) is 75.8 Å². The summed E-state index contributed by atoms with van der Waals surface area (Å²) in [6, 6.07) is 29.9. The Labute approximate surface area is 555 Å². The molecular weight excluding hydrogens is 1240 g/mol. The maximum Gasteiger partial charge on any atom is 0.321 e. The smallest absolute Gasteiger partial charge is 0.321 e. The molecule has 13 rings (SSSR count). The number of carbonyl (C=O) groups is 3. The molecular formula is C71H71F3N18O5. The fourth-order valence-corrected chi connectivity index (χ4v) is 10.7. The van der Waals surface area contributed by atoms with Crippen molar-refractivity contribution in [1.29, 1.82) is 0 Å². The maximum absolute atomic E-state index is 14.7. The molecule has 6 amide bonds. The third kappa shape index (κ3) is 15.7. The number of imidazole rings is 3. The Morgan fingerprint density at radius 3 is 1.09 bits per heavy atom. The van der Waals surface area contributed by atoms with Crippen LogP contribution in [0.25, 0.3) is 100 Å². The number of hydrogen-bond donors (Lipinski definition) is 11. The zero-order chi connectivity index (χ0) is 68.4. The molecule has 9 heterocycles. The van der Waals surface area contributed by atoms with Crippen LogP contribution in [0.5, 0.6) is 0 Å². The van der Waals surface area contributed by atoms with Gasteiger partial charge in [-0.2, -0.15) is 0 Å². The van der Waals surface area contributed by atoms with E-state index in [4.69, 9.17) is 0 Å². The topological polar surface area (TPSA) is 327 Å². The van der Waals surface area contributed by atoms with Gasteiger partial charge in [-0.25, -0.2) is 42.5 Å². The van der Waals surface area contributed by atoms with Gasteiger partial charge in [0, 0.05) is 95.9 Å². The van der Waals surface area contributed by atoms with Crippen molar-refractivity contribution in [2.24, 2.45) is 11.8 Å². The first kappa shape index (κ1) is 66.9. The lowest BCUT2D eigenvalue weighted by Crippen LogP contribution is -2.28. The second-order valence-electron chi connectivity index (χ2n) is 23.5. The fraction of sp³-hybridized carbons (Fsp3) is 0.239. The molecule has 0 radical (unpaired) electrons. The zero-order valence-corrected chi connectivity index (χ0v) is 54.1. The molecule has 0 bridgehead atoms. The number of benzene rings is 3. The summed E-state index contributed by atoms with van der Waals surface area (Å²) in [6.45, 7) is 14.9. The molecule has 26 heteroatoms. The lowest BCUT2D eigenvalue weighted by atomic mass is 9.99. The Hall–Kier alpha value is -11.5. The SMILES string of the molecule is CCNC(=O)Nc1nc2c(-c3ncccc3F)cc(-c3ccc(C(C)C)nc3)cc2[nH]1.CCNC(=O)Nc1nc2c(-c3ncccc3F)cc(-c3ccc(C(O)C(C)C)nc3)cc2[nH]1.CCNC(=O)Nc1nc2c(-c3ncccc3F)cc(-c3ccc(C(O)C4CC4)nc3)cc2[nH]1. The van der Waals surface area contributed by atoms with Gasteiger partial charge in [0.2, 0.25) is 17.8 Å². The van der Waals surface area contributed by atoms with Gasteiger partial charge >= 0.3 is 18.1 Å². The molecule has 1 saturated carbocycles. The number of amides is 6. The van der Waals surface area contributed by atoms with Crippen molar-refractivity contribution in [2.45, 2.75) is 79.4 Å². The summed E-state index contributed by atoms with van der Waals surface area (Å²) in [7, 11) is 0. The van der Waals surface area contributed by atoms with Gasteiger partial charge in [-0.3, -0.25) is 45.9 Å². The van der Waals surface area contributed by atoms with Crippen LogP contribution in [0.4, 0.5) is 45.4 Å². The van der Waals surface area contributed by atoms with Crippen LogP contribution >= 0.6 is 0 Å². The van der Waals surface area contributed by atoms with Gasteiger partial charge in [-0.15, -0.1) is 0 Å². The van der Waals surface area contributed by atoms with Gasteiger partial charge < -0.3 is 41.1 Å². The lowest BCUT2D eigenvalue weighted by molar-refractivity contribution is 0.122. The standard InChI is InChI=1S/C24H23FN6O2.C24H25FN6O2.C23H23FN6O/c1-2-26-24(33)31-23-29-19-11-15(14-7-8-18(28-12-14)22(32)13-5-6-13)10-16(21(19)30-23)20-17(25)4-3-9-27-20;1-4-26-24(33)31-23-29-19-11-15(14-7-8-18(28-12-14)22(32)13(2)3)10-16(21(19)30-23)20-17(25)6-5-9-27-20;1-4-25-23(31)30-22-28-19-11-15(14-7-8-18(13(2)3)27-12-14)10-16(21(19)29-22)20-17(24)6-5-9-26-20/h3-4,7-13,22,32H,2,5-6H2,1H3,(H3,26,29,30,31,33);5-13,22,32H,4H2,1-3H3,(H3,26,29,30,31,33);5-13H,4H2,1-3H3,(H3,25,28,29,30,31). The number of aliphatic hydroxyl groups excluding tert-OH is 2. The Kier molecular flexibility index (Phi) is 20.6. The molecule has 0 spiro atoms. The number of urea groups is 3. The van der Waals surface area contributed by atoms with E-state index in [1.807, 2.05) is 89.2 Å². The number of halogens is 3. The summed E-state index contributed by atoms with van der Waals surface area (Å²) in [6.07, 6.45) is 10.6. The highest BCUT2D eigenvalue weighted by atomic mass is 19.1. The molecule has 0 saturated heterocycles. The molecule has 0 aliphatic heterocycles. The van der Waals surface area contributed by atoms with Crippen LogP contribution in [0.2, 0.25) is 0 Å². The number of H-pyrrole nitrogens is 3. The largest absolute Gasteiger partial charge is 0.387 e. The highest BCUT2D eigenvalue weighted by molar-refractivity contribution is 6.01. The van der Waals surface area contributed by atoms with Crippen LogP contribution in [0.3, 0.4) is 0 Å². The Bertz CT molecular complexity index is 4590. The number of hydrogen-bond acceptors (Lipinski definition) is 14. The van der Waals surface area contributed by atoms with E-state index in [-0.39, 0.29) is 46.9 Å². The summed E-state index contributed by atoms with van der Waals surface area (Å²) in [5.74, 6) is -0.00183. The van der Waals surface area contributed by atoms with Crippen molar-refractivity contribution in [2.75, 3.05) is 35.6 Å². The van der Waals surface area contributed by atoms with Crippen molar-refractivity contribution >= 4 is 69.0 Å². The minimum absolute atomic E-state index is 0.0410. The summed E-state index contributed by atoms with van der Waals surface area (Å²) < 4.78 is 43.9. The van der Waals surface area contributed by atoms with Crippen molar-refractivity contribution in [3.8, 4) is 67.2 Å². The fourth-order valence-electron chi connectivity index (χ4n) is 10.7. The zero-order valence-electron chi connectivity index (χ0n) is 54.1. The van der Waals surface area contributed by atoms with Gasteiger partial charge in [-0.1, -0.05) is 45.9 Å². The number of anilines is 3. The average Bonchev–Trinajstić information content (AvgIpc) is 1.74. The molecule has 1 aliphatic rings. The van der Waals surface area contributed by atoms with E-state index in [9.17, 15) is 37.8 Å². The number of rotatable bonds is 17. The summed E-state index contributed by atoms with van der Waals surface area (Å²) in [5.41, 5.74) is 12.4. The Morgan fingerprint density at radius 2 is 0.804 bits per heavy atom. The second kappa shape index (κ2) is 29.8. The third-order valence-electron chi connectivity index (χ3n) is 15.8. The molecule has 1 aliphatic carbocycles. The number of carbonyl (C=O) groups excluding carboxylic acids is 3. The molecule has 12 aromatic rings. The molecule has 2 atom stereocenters. The van der Waals surface area contributed by atoms with Crippen LogP contribution in [0.1, 0.15) is 96.5 Å². The van der Waals surface area contributed by atoms with E-state index < -0.39 is 41.7 Å². The maximum atomic E-state index is 14.7. The van der Waals surface area contributed by atoms with Crippen molar-refractivity contribution < 1.29 is 37.8 Å². The molecule has 97 heavy (non-hydrogen) atoms. The highest BCUT2D eigenvalue weighted by Gasteiger charge is 2.32. The number of aromatic nitrogens is 12. The van der Waals surface area contributed by atoms with E-state index in [0.717, 1.165) is 51.9 Å². The number of nitrogens with zero attached hydrogens (tertiary/aromatic N) is 9. The van der Waals surface area contributed by atoms with Crippen molar-refractivity contribution in [3.05, 3.63) is 181 Å². The summed E-state index contributed by atoms with van der Waals surface area (Å²) in [4.78, 5) is 84.5. The first-order valence-electron chi connectivity index (χ1n) is 31.7. The minimum Gasteiger partial charge on any atom is -0.387 e. The van der Waals surface area contributed by atoms with E-state index in [1.54, 1.807) is 42.9 Å². The molecule has 11 N–H and O–H groups in total. The quantitative estimate of drug-likeness (QED) is 0.0404. The van der Waals surface area contributed by atoms with E-state index >= 15 is 0 Å². The molecule has 2 unspecified atom stereocenters. The number of aliphatic hydroxyl groups is 2. The van der Waals surface area contributed by atoms with E-state index in [1.165, 1.54) is 48.9 Å². The van der Waals surface area contributed by atoms with Gasteiger partial charge in [0.05, 0.1) is 40.1 Å². The lowest BCUT2D eigenvalue weighted by Gasteiger charge is -2.14. The first-order valence-corrected chi connectivity index (χ1v) is 31.7. The number of fused-ring (bicyclic) bond motifs is 3. The number of aromatic amines is 3. The molecule has 3 aromatic carbocycles. The number of pyridine rings is 6. The van der Waals surface area contributed by atoms with E-state index in [2.05, 4.69) is 106 Å². The van der Waals surface area contributed by atoms with Crippen molar-refractivity contribution in [3.63, 3.8) is 0 Å². The summed E-state index contributed by atoms with van der Waals surface area (Å²) >= 11 is 0. The van der Waals surface area contributed by atoms with Crippen LogP contribution in [-0.2, 0) is 0 Å². The van der Waals surface area contributed by atoms with Crippen LogP contribution in [0, 0.1) is 29.3 Å². The molecule has 23 nitrogen and oxygen atoms in total. The highest BCUT2D eigenvalue weighted by Crippen LogP contribution is 2.42. The predicted molar refractivity (Wildman–Crippen MR) is 367 cm³/mol. The first-order chi connectivity index (χ1) is 46.9. The van der Waals surface area contributed by atoms with Gasteiger partial charge in [0.1, 0.15) is 51.1 Å².